The van der Waals surface area contributed by atoms with Crippen LogP contribution in [0.25, 0.3) is 0 Å². The third kappa shape index (κ3) is 0.878. The van der Waals surface area contributed by atoms with Crippen LogP contribution in [0.1, 0.15) is 26.2 Å². The van der Waals surface area contributed by atoms with Crippen molar-refractivity contribution in [2.45, 2.75) is 26.2 Å². The molecule has 1 aliphatic carbocycles. The summed E-state index contributed by atoms with van der Waals surface area (Å²) in [5.41, 5.74) is 0.785. The molecule has 1 saturated carbocycles. The van der Waals surface area contributed by atoms with Crippen molar-refractivity contribution in [1.82, 2.24) is 4.90 Å². The van der Waals surface area contributed by atoms with Gasteiger partial charge >= 0.3 is 0 Å². The second kappa shape index (κ2) is 1.97. The van der Waals surface area contributed by atoms with Gasteiger partial charge in [-0.25, -0.2) is 0 Å². The molecule has 1 heterocycles. The largest absolute Gasteiger partial charge is 0.306 e. The lowest BCUT2D eigenvalue weighted by atomic mass is 9.84. The highest BCUT2D eigenvalue weighted by Gasteiger charge is 2.49. The van der Waals surface area contributed by atoms with E-state index in [9.17, 15) is 0 Å². The van der Waals surface area contributed by atoms with E-state index < -0.39 is 0 Å². The van der Waals surface area contributed by atoms with Gasteiger partial charge in [0.25, 0.3) is 0 Å². The molecule has 0 bridgehead atoms. The van der Waals surface area contributed by atoms with Crippen LogP contribution in [0.5, 0.6) is 0 Å². The van der Waals surface area contributed by atoms with Crippen LogP contribution in [-0.2, 0) is 0 Å². The van der Waals surface area contributed by atoms with E-state index in [1.54, 1.807) is 0 Å². The molecule has 2 rings (SSSR count). The summed E-state index contributed by atoms with van der Waals surface area (Å²) >= 11 is 0. The van der Waals surface area contributed by atoms with Crippen LogP contribution in [0.2, 0.25) is 0 Å². The maximum Gasteiger partial charge on any atom is 0.00375 e. The van der Waals surface area contributed by atoms with E-state index in [1.807, 2.05) is 0 Å². The second-order valence-electron chi connectivity index (χ2n) is 4.29. The Morgan fingerprint density at radius 3 is 2.60 bits per heavy atom. The van der Waals surface area contributed by atoms with Crippen LogP contribution in [-0.4, -0.2) is 25.0 Å². The molecule has 1 atom stereocenters. The minimum absolute atomic E-state index is 0.785. The first kappa shape index (κ1) is 6.66. The molecule has 0 aromatic rings. The van der Waals surface area contributed by atoms with Crippen molar-refractivity contribution in [1.29, 1.82) is 0 Å². The first-order valence-corrected chi connectivity index (χ1v) is 4.41. The zero-order valence-electron chi connectivity index (χ0n) is 7.06. The lowest BCUT2D eigenvalue weighted by molar-refractivity contribution is 0.136. The number of likely N-dealkylation sites (tertiary alicyclic amines) is 1. The molecule has 0 aromatic heterocycles. The fraction of sp³-hybridized carbons (Fsp3) is 1.00. The van der Waals surface area contributed by atoms with Gasteiger partial charge < -0.3 is 4.90 Å². The summed E-state index contributed by atoms with van der Waals surface area (Å²) in [6, 6.07) is 0. The lowest BCUT2D eigenvalue weighted by Crippen LogP contribution is -2.38. The van der Waals surface area contributed by atoms with Gasteiger partial charge in [0.15, 0.2) is 0 Å². The number of nitrogens with zero attached hydrogens (tertiary/aromatic N) is 1. The van der Waals surface area contributed by atoms with Gasteiger partial charge in [0.2, 0.25) is 0 Å². The molecule has 1 saturated heterocycles. The fourth-order valence-electron chi connectivity index (χ4n) is 2.30. The first-order valence-electron chi connectivity index (χ1n) is 4.41. The molecular weight excluding hydrogens is 122 g/mol. The topological polar surface area (TPSA) is 3.24 Å². The van der Waals surface area contributed by atoms with E-state index >= 15 is 0 Å². The van der Waals surface area contributed by atoms with E-state index in [4.69, 9.17) is 0 Å². The molecule has 0 radical (unpaired) electrons. The molecule has 1 heteroatoms. The van der Waals surface area contributed by atoms with Gasteiger partial charge in [0, 0.05) is 6.54 Å². The lowest BCUT2D eigenvalue weighted by Gasteiger charge is -2.35. The average Bonchev–Trinajstić information content (AvgIpc) is 2.62. The van der Waals surface area contributed by atoms with Crippen molar-refractivity contribution < 1.29 is 0 Å². The Hall–Kier alpha value is -0.0400. The normalized spacial score (nSPS) is 38.4. The maximum atomic E-state index is 2.49. The predicted octanol–water partition coefficient (Wildman–Crippen LogP) is 1.74. The smallest absolute Gasteiger partial charge is 0.00375 e. The molecule has 1 spiro atoms. The number of hydrogen-bond donors (Lipinski definition) is 0. The minimum Gasteiger partial charge on any atom is -0.306 e. The van der Waals surface area contributed by atoms with Gasteiger partial charge in [-0.05, 0) is 44.2 Å². The summed E-state index contributed by atoms with van der Waals surface area (Å²) in [5, 5.41) is 0. The Balaban J connectivity index is 2.03. The number of rotatable bonds is 0. The van der Waals surface area contributed by atoms with Gasteiger partial charge in [-0.15, -0.1) is 0 Å². The monoisotopic (exact) mass is 139 g/mol. The molecule has 0 N–H and O–H groups in total. The van der Waals surface area contributed by atoms with Crippen molar-refractivity contribution in [2.24, 2.45) is 11.3 Å². The van der Waals surface area contributed by atoms with Crippen LogP contribution in [0.15, 0.2) is 0 Å². The predicted molar refractivity (Wildman–Crippen MR) is 42.9 cm³/mol. The maximum absolute atomic E-state index is 2.49. The molecular formula is C9H17N. The van der Waals surface area contributed by atoms with Crippen molar-refractivity contribution in [3.63, 3.8) is 0 Å². The molecule has 1 aliphatic heterocycles. The van der Waals surface area contributed by atoms with E-state index in [1.165, 1.54) is 32.4 Å². The molecule has 0 aromatic carbocycles. The molecule has 0 amide bonds. The Bertz CT molecular complexity index is 138. The molecule has 10 heavy (non-hydrogen) atoms. The van der Waals surface area contributed by atoms with Gasteiger partial charge in [-0.1, -0.05) is 6.92 Å². The Morgan fingerprint density at radius 2 is 2.10 bits per heavy atom. The van der Waals surface area contributed by atoms with Gasteiger partial charge in [0.05, 0.1) is 0 Å². The SMILES string of the molecule is C[C@H]1CCN(C)CC12CC2. The fourth-order valence-corrected chi connectivity index (χ4v) is 2.30. The third-order valence-electron chi connectivity index (χ3n) is 3.47. The Morgan fingerprint density at radius 1 is 1.40 bits per heavy atom. The number of piperidine rings is 1. The third-order valence-corrected chi connectivity index (χ3v) is 3.47. The van der Waals surface area contributed by atoms with E-state index in [0.717, 1.165) is 11.3 Å². The van der Waals surface area contributed by atoms with Crippen molar-refractivity contribution in [3.05, 3.63) is 0 Å². The highest BCUT2D eigenvalue weighted by atomic mass is 15.1. The first-order chi connectivity index (χ1) is 4.73. The Labute approximate surface area is 63.4 Å². The van der Waals surface area contributed by atoms with E-state index in [2.05, 4.69) is 18.9 Å². The quantitative estimate of drug-likeness (QED) is 0.494. The highest BCUT2D eigenvalue weighted by molar-refractivity contribution is 5.01. The highest BCUT2D eigenvalue weighted by Crippen LogP contribution is 2.55. The van der Waals surface area contributed by atoms with Crippen LogP contribution in [0.4, 0.5) is 0 Å². The van der Waals surface area contributed by atoms with Crippen LogP contribution in [0.3, 0.4) is 0 Å². The standard InChI is InChI=1S/C9H17N/c1-8-3-6-10(2)7-9(8)4-5-9/h8H,3-7H2,1-2H3/t8-/m0/s1. The number of hydrogen-bond acceptors (Lipinski definition) is 1. The van der Waals surface area contributed by atoms with Crippen molar-refractivity contribution in [2.75, 3.05) is 20.1 Å². The summed E-state index contributed by atoms with van der Waals surface area (Å²) in [6.45, 7) is 5.12. The summed E-state index contributed by atoms with van der Waals surface area (Å²) in [6.07, 6.45) is 4.42. The van der Waals surface area contributed by atoms with Crippen LogP contribution in [0, 0.1) is 11.3 Å². The molecule has 1 nitrogen and oxygen atoms in total. The summed E-state index contributed by atoms with van der Waals surface area (Å²) in [7, 11) is 2.26. The van der Waals surface area contributed by atoms with Gasteiger partial charge in [-0.3, -0.25) is 0 Å². The summed E-state index contributed by atoms with van der Waals surface area (Å²) in [4.78, 5) is 2.49. The molecule has 0 unspecified atom stereocenters. The van der Waals surface area contributed by atoms with Crippen molar-refractivity contribution >= 4 is 0 Å². The van der Waals surface area contributed by atoms with Gasteiger partial charge in [-0.2, -0.15) is 0 Å². The van der Waals surface area contributed by atoms with Gasteiger partial charge in [0.1, 0.15) is 0 Å². The summed E-state index contributed by atoms with van der Waals surface area (Å²) < 4.78 is 0. The van der Waals surface area contributed by atoms with E-state index in [-0.39, 0.29) is 0 Å². The van der Waals surface area contributed by atoms with E-state index in [0.29, 0.717) is 0 Å². The summed E-state index contributed by atoms with van der Waals surface area (Å²) in [5.74, 6) is 1.00. The zero-order valence-corrected chi connectivity index (χ0v) is 7.06. The molecule has 2 aliphatic rings. The van der Waals surface area contributed by atoms with Crippen LogP contribution >= 0.6 is 0 Å². The second-order valence-corrected chi connectivity index (χ2v) is 4.29. The minimum atomic E-state index is 0.785. The molecule has 2 fully saturated rings. The Kier molecular flexibility index (Phi) is 1.31. The van der Waals surface area contributed by atoms with Crippen molar-refractivity contribution in [3.8, 4) is 0 Å². The van der Waals surface area contributed by atoms with Crippen LogP contribution < -0.4 is 0 Å². The average molecular weight is 139 g/mol. The zero-order chi connectivity index (χ0) is 7.19. The molecule has 58 valence electrons.